The molecule has 0 bridgehead atoms. The van der Waals surface area contributed by atoms with Crippen LogP contribution in [-0.4, -0.2) is 40.1 Å². The zero-order valence-corrected chi connectivity index (χ0v) is 17.5. The first-order chi connectivity index (χ1) is 13.9. The average Bonchev–Trinajstić information content (AvgIpc) is 3.38. The highest BCUT2D eigenvalue weighted by molar-refractivity contribution is 6.41. The molecule has 0 fully saturated rings. The van der Waals surface area contributed by atoms with Gasteiger partial charge in [-0.05, 0) is 19.9 Å². The summed E-state index contributed by atoms with van der Waals surface area (Å²) in [6, 6.07) is 1.85. The summed E-state index contributed by atoms with van der Waals surface area (Å²) in [5.74, 6) is -0.330. The predicted octanol–water partition coefficient (Wildman–Crippen LogP) is 2.89. The maximum Gasteiger partial charge on any atom is 0.257 e. The molecule has 0 saturated heterocycles. The van der Waals surface area contributed by atoms with Crippen molar-refractivity contribution in [1.82, 2.24) is 39.5 Å². The van der Waals surface area contributed by atoms with Gasteiger partial charge in [-0.25, -0.2) is 9.50 Å². The fraction of sp³-hybridized carbons (Fsp3) is 0.278. The molecule has 11 heteroatoms. The van der Waals surface area contributed by atoms with Crippen molar-refractivity contribution in [1.29, 1.82) is 0 Å². The van der Waals surface area contributed by atoms with Crippen LogP contribution >= 0.6 is 23.2 Å². The maximum absolute atomic E-state index is 12.7. The summed E-state index contributed by atoms with van der Waals surface area (Å²) in [5.41, 5.74) is 4.05. The molecule has 4 aromatic heterocycles. The van der Waals surface area contributed by atoms with Crippen LogP contribution in [0, 0.1) is 6.92 Å². The quantitative estimate of drug-likeness (QED) is 0.522. The number of carbonyl (C=O) groups excluding carboxylic acids is 1. The van der Waals surface area contributed by atoms with Gasteiger partial charge in [0.05, 0.1) is 24.6 Å². The van der Waals surface area contributed by atoms with E-state index >= 15 is 0 Å². The lowest BCUT2D eigenvalue weighted by Gasteiger charge is -2.06. The van der Waals surface area contributed by atoms with Crippen molar-refractivity contribution >= 4 is 34.8 Å². The lowest BCUT2D eigenvalue weighted by Crippen LogP contribution is -2.23. The Morgan fingerprint density at radius 1 is 1.24 bits per heavy atom. The Morgan fingerprint density at radius 3 is 2.69 bits per heavy atom. The first kappa shape index (κ1) is 19.4. The van der Waals surface area contributed by atoms with Gasteiger partial charge in [-0.3, -0.25) is 14.2 Å². The summed E-state index contributed by atoms with van der Waals surface area (Å²) in [6.45, 7) is 4.94. The minimum Gasteiger partial charge on any atom is -0.346 e. The topological polar surface area (TPSA) is 94.9 Å². The van der Waals surface area contributed by atoms with Crippen molar-refractivity contribution in [2.24, 2.45) is 7.05 Å². The standard InChI is InChI=1S/C18H18Cl2N8O/c1-4-27-10(2)11(7-23-27)14-5-6-21-17-12(8-24-28(14)17)18(29)22-9-13-15(19)16(20)26(3)25-13/h5-8H,4,9H2,1-3H3,(H,22,29). The van der Waals surface area contributed by atoms with E-state index in [4.69, 9.17) is 23.2 Å². The van der Waals surface area contributed by atoms with Crippen LogP contribution in [0.2, 0.25) is 10.2 Å². The average molecular weight is 433 g/mol. The van der Waals surface area contributed by atoms with Gasteiger partial charge in [0.2, 0.25) is 0 Å². The highest BCUT2D eigenvalue weighted by atomic mass is 35.5. The van der Waals surface area contributed by atoms with Gasteiger partial charge in [-0.1, -0.05) is 23.2 Å². The van der Waals surface area contributed by atoms with E-state index in [1.54, 1.807) is 24.0 Å². The van der Waals surface area contributed by atoms with Gasteiger partial charge in [0, 0.05) is 31.0 Å². The van der Waals surface area contributed by atoms with Crippen LogP contribution in [0.3, 0.4) is 0 Å². The molecule has 4 heterocycles. The van der Waals surface area contributed by atoms with Gasteiger partial charge in [-0.15, -0.1) is 0 Å². The van der Waals surface area contributed by atoms with Gasteiger partial charge in [0.25, 0.3) is 5.91 Å². The Balaban J connectivity index is 1.64. The molecule has 9 nitrogen and oxygen atoms in total. The molecule has 4 aromatic rings. The van der Waals surface area contributed by atoms with E-state index in [1.165, 1.54) is 10.9 Å². The molecule has 0 radical (unpaired) electrons. The van der Waals surface area contributed by atoms with E-state index in [0.717, 1.165) is 23.5 Å². The molecule has 0 atom stereocenters. The number of hydrogen-bond acceptors (Lipinski definition) is 5. The third-order valence-electron chi connectivity index (χ3n) is 4.73. The van der Waals surface area contributed by atoms with Crippen LogP contribution < -0.4 is 5.32 Å². The highest BCUT2D eigenvalue weighted by Crippen LogP contribution is 2.26. The first-order valence-corrected chi connectivity index (χ1v) is 9.68. The molecule has 0 spiro atoms. The molecular formula is C18H18Cl2N8O. The van der Waals surface area contributed by atoms with Crippen LogP contribution in [0.4, 0.5) is 0 Å². The summed E-state index contributed by atoms with van der Waals surface area (Å²) in [7, 11) is 1.68. The fourth-order valence-electron chi connectivity index (χ4n) is 3.17. The van der Waals surface area contributed by atoms with Gasteiger partial charge in [0.1, 0.15) is 21.4 Å². The molecule has 0 saturated carbocycles. The van der Waals surface area contributed by atoms with Gasteiger partial charge in [-0.2, -0.15) is 15.3 Å². The van der Waals surface area contributed by atoms with Crippen LogP contribution in [0.15, 0.2) is 24.7 Å². The van der Waals surface area contributed by atoms with Crippen LogP contribution in [0.5, 0.6) is 0 Å². The molecular weight excluding hydrogens is 415 g/mol. The van der Waals surface area contributed by atoms with E-state index in [-0.39, 0.29) is 12.5 Å². The highest BCUT2D eigenvalue weighted by Gasteiger charge is 2.19. The fourth-order valence-corrected chi connectivity index (χ4v) is 3.55. The molecule has 4 rings (SSSR count). The van der Waals surface area contributed by atoms with Crippen molar-refractivity contribution in [3.63, 3.8) is 0 Å². The van der Waals surface area contributed by atoms with Crippen LogP contribution in [0.1, 0.15) is 28.7 Å². The third kappa shape index (κ3) is 3.26. The molecule has 0 aliphatic rings. The normalized spacial score (nSPS) is 11.3. The molecule has 0 aliphatic heterocycles. The summed E-state index contributed by atoms with van der Waals surface area (Å²) in [6.07, 6.45) is 4.94. The number of aromatic nitrogens is 7. The largest absolute Gasteiger partial charge is 0.346 e. The van der Waals surface area contributed by atoms with Crippen molar-refractivity contribution in [3.8, 4) is 11.3 Å². The van der Waals surface area contributed by atoms with Gasteiger partial charge < -0.3 is 5.32 Å². The molecule has 1 N–H and O–H groups in total. The predicted molar refractivity (Wildman–Crippen MR) is 109 cm³/mol. The van der Waals surface area contributed by atoms with Crippen LogP contribution in [0.25, 0.3) is 16.9 Å². The molecule has 0 aromatic carbocycles. The zero-order chi connectivity index (χ0) is 20.7. The summed E-state index contributed by atoms with van der Waals surface area (Å²) in [4.78, 5) is 17.1. The molecule has 1 amide bonds. The van der Waals surface area contributed by atoms with Crippen molar-refractivity contribution in [3.05, 3.63) is 51.8 Å². The number of hydrogen-bond donors (Lipinski definition) is 1. The number of halogens is 2. The minimum atomic E-state index is -0.330. The Morgan fingerprint density at radius 2 is 2.03 bits per heavy atom. The lowest BCUT2D eigenvalue weighted by molar-refractivity contribution is 0.0952. The third-order valence-corrected chi connectivity index (χ3v) is 5.66. The van der Waals surface area contributed by atoms with E-state index in [9.17, 15) is 4.79 Å². The van der Waals surface area contributed by atoms with Gasteiger partial charge >= 0.3 is 0 Å². The van der Waals surface area contributed by atoms with Gasteiger partial charge in [0.15, 0.2) is 5.65 Å². The van der Waals surface area contributed by atoms with Crippen molar-refractivity contribution < 1.29 is 4.79 Å². The monoisotopic (exact) mass is 432 g/mol. The Hall–Kier alpha value is -2.91. The lowest BCUT2D eigenvalue weighted by atomic mass is 10.2. The molecule has 0 unspecified atom stereocenters. The van der Waals surface area contributed by atoms with E-state index in [1.807, 2.05) is 24.6 Å². The minimum absolute atomic E-state index is 0.137. The van der Waals surface area contributed by atoms with Crippen molar-refractivity contribution in [2.45, 2.75) is 26.9 Å². The second-order valence-corrected chi connectivity index (χ2v) is 7.18. The van der Waals surface area contributed by atoms with Crippen molar-refractivity contribution in [2.75, 3.05) is 0 Å². The van der Waals surface area contributed by atoms with E-state index < -0.39 is 0 Å². The molecule has 29 heavy (non-hydrogen) atoms. The Labute approximate surface area is 176 Å². The molecule has 0 aliphatic carbocycles. The summed E-state index contributed by atoms with van der Waals surface area (Å²) >= 11 is 12.1. The first-order valence-electron chi connectivity index (χ1n) is 8.93. The maximum atomic E-state index is 12.7. The zero-order valence-electron chi connectivity index (χ0n) is 16.0. The number of rotatable bonds is 5. The number of aryl methyl sites for hydroxylation is 2. The summed E-state index contributed by atoms with van der Waals surface area (Å²) < 4.78 is 5.00. The van der Waals surface area contributed by atoms with E-state index in [2.05, 4.69) is 25.6 Å². The Bertz CT molecular complexity index is 1220. The SMILES string of the molecule is CCn1ncc(-c2ccnc3c(C(=O)NCc4nn(C)c(Cl)c4Cl)cnn23)c1C. The number of nitrogens with one attached hydrogen (secondary N) is 1. The second kappa shape index (κ2) is 7.49. The van der Waals surface area contributed by atoms with E-state index in [0.29, 0.717) is 27.1 Å². The molecule has 150 valence electrons. The Kier molecular flexibility index (Phi) is 5.01. The number of amides is 1. The smallest absolute Gasteiger partial charge is 0.257 e. The number of fused-ring (bicyclic) bond motifs is 1. The number of carbonyl (C=O) groups is 1. The second-order valence-electron chi connectivity index (χ2n) is 6.44. The van der Waals surface area contributed by atoms with Crippen LogP contribution in [-0.2, 0) is 20.1 Å². The summed E-state index contributed by atoms with van der Waals surface area (Å²) in [5, 5.41) is 16.4. The number of nitrogens with zero attached hydrogens (tertiary/aromatic N) is 7.